The normalized spacial score (nSPS) is 14.4. The average Bonchev–Trinajstić information content (AvgIpc) is 3.03. The Morgan fingerprint density at radius 2 is 2.17 bits per heavy atom. The SMILES string of the molecule is Nc1cc(Nc2cccnc2OC(F)(F)F)nc2c(C(=O)NC3COC3)cnn12. The van der Waals surface area contributed by atoms with E-state index in [4.69, 9.17) is 10.5 Å². The van der Waals surface area contributed by atoms with E-state index in [0.717, 1.165) is 6.20 Å². The Labute approximate surface area is 160 Å². The number of alkyl halides is 3. The number of aromatic nitrogens is 4. The van der Waals surface area contributed by atoms with Crippen molar-refractivity contribution in [2.24, 2.45) is 0 Å². The number of ether oxygens (including phenoxy) is 2. The Kier molecular flexibility index (Phi) is 4.58. The van der Waals surface area contributed by atoms with Gasteiger partial charge in [0.2, 0.25) is 5.88 Å². The molecule has 0 unspecified atom stereocenters. The molecule has 4 rings (SSSR count). The van der Waals surface area contributed by atoms with Crippen molar-refractivity contribution in [3.63, 3.8) is 0 Å². The summed E-state index contributed by atoms with van der Waals surface area (Å²) in [5.41, 5.74) is 6.15. The maximum Gasteiger partial charge on any atom is 0.574 e. The van der Waals surface area contributed by atoms with E-state index < -0.39 is 18.1 Å². The summed E-state index contributed by atoms with van der Waals surface area (Å²) < 4.78 is 47.9. The van der Waals surface area contributed by atoms with E-state index in [1.807, 2.05) is 0 Å². The van der Waals surface area contributed by atoms with Gasteiger partial charge in [0.25, 0.3) is 5.91 Å². The fourth-order valence-electron chi connectivity index (χ4n) is 2.61. The molecule has 0 bridgehead atoms. The smallest absolute Gasteiger partial charge is 0.386 e. The zero-order valence-electron chi connectivity index (χ0n) is 14.6. The number of halogens is 3. The first kappa shape index (κ1) is 18.7. The van der Waals surface area contributed by atoms with Gasteiger partial charge in [0, 0.05) is 12.3 Å². The van der Waals surface area contributed by atoms with Crippen molar-refractivity contribution in [3.8, 4) is 5.88 Å². The number of anilines is 3. The highest BCUT2D eigenvalue weighted by atomic mass is 19.4. The van der Waals surface area contributed by atoms with Crippen LogP contribution in [-0.2, 0) is 4.74 Å². The van der Waals surface area contributed by atoms with Gasteiger partial charge in [-0.15, -0.1) is 13.2 Å². The molecule has 1 fully saturated rings. The molecule has 0 saturated carbocycles. The number of nitrogens with one attached hydrogen (secondary N) is 2. The lowest BCUT2D eigenvalue weighted by Crippen LogP contribution is -2.48. The number of nitrogens with zero attached hydrogens (tertiary/aromatic N) is 4. The van der Waals surface area contributed by atoms with Crippen LogP contribution in [-0.4, -0.2) is 51.1 Å². The molecular weight excluding hydrogens is 395 g/mol. The molecular formula is C16H14F3N7O3. The number of amides is 1. The predicted molar refractivity (Wildman–Crippen MR) is 93.7 cm³/mol. The number of hydrogen-bond donors (Lipinski definition) is 3. The number of carbonyl (C=O) groups excluding carboxylic acids is 1. The zero-order chi connectivity index (χ0) is 20.6. The largest absolute Gasteiger partial charge is 0.574 e. The minimum atomic E-state index is -4.91. The quantitative estimate of drug-likeness (QED) is 0.578. The fourth-order valence-corrected chi connectivity index (χ4v) is 2.61. The Bertz CT molecular complexity index is 1070. The summed E-state index contributed by atoms with van der Waals surface area (Å²) in [7, 11) is 0. The predicted octanol–water partition coefficient (Wildman–Crippen LogP) is 1.48. The highest BCUT2D eigenvalue weighted by Gasteiger charge is 2.33. The van der Waals surface area contributed by atoms with Crippen LogP contribution in [0.3, 0.4) is 0 Å². The molecule has 1 aliphatic heterocycles. The summed E-state index contributed by atoms with van der Waals surface area (Å²) in [6, 6.07) is 4.00. The van der Waals surface area contributed by atoms with Gasteiger partial charge in [-0.05, 0) is 12.1 Å². The standard InChI is InChI=1S/C16H14F3N7O3/c17-16(18,19)29-15-10(2-1-3-21-15)24-12-4-11(20)26-13(25-12)9(5-22-26)14(27)23-8-6-28-7-8/h1-5,8H,6-7,20H2,(H,23,27)(H,24,25). The van der Waals surface area contributed by atoms with E-state index in [0.29, 0.717) is 13.2 Å². The third-order valence-electron chi connectivity index (χ3n) is 3.96. The Morgan fingerprint density at radius 1 is 1.38 bits per heavy atom. The highest BCUT2D eigenvalue weighted by Crippen LogP contribution is 2.30. The Balaban J connectivity index is 1.65. The van der Waals surface area contributed by atoms with Crippen molar-refractivity contribution in [1.82, 2.24) is 24.9 Å². The lowest BCUT2D eigenvalue weighted by Gasteiger charge is -2.26. The molecule has 3 aromatic heterocycles. The van der Waals surface area contributed by atoms with Gasteiger partial charge < -0.3 is 25.8 Å². The molecule has 13 heteroatoms. The molecule has 152 valence electrons. The van der Waals surface area contributed by atoms with Crippen molar-refractivity contribution in [2.45, 2.75) is 12.4 Å². The van der Waals surface area contributed by atoms with Crippen LogP contribution in [0, 0.1) is 0 Å². The van der Waals surface area contributed by atoms with Gasteiger partial charge >= 0.3 is 6.36 Å². The molecule has 1 aliphatic rings. The number of nitrogen functional groups attached to an aromatic ring is 1. The average molecular weight is 409 g/mol. The first-order valence-electron chi connectivity index (χ1n) is 8.31. The number of hydrogen-bond acceptors (Lipinski definition) is 8. The fraction of sp³-hybridized carbons (Fsp3) is 0.250. The van der Waals surface area contributed by atoms with E-state index in [2.05, 4.69) is 30.4 Å². The van der Waals surface area contributed by atoms with Crippen molar-refractivity contribution in [1.29, 1.82) is 0 Å². The van der Waals surface area contributed by atoms with E-state index in [9.17, 15) is 18.0 Å². The second kappa shape index (κ2) is 7.09. The van der Waals surface area contributed by atoms with Gasteiger partial charge in [-0.25, -0.2) is 9.97 Å². The van der Waals surface area contributed by atoms with Crippen molar-refractivity contribution < 1.29 is 27.4 Å². The van der Waals surface area contributed by atoms with Crippen molar-refractivity contribution in [2.75, 3.05) is 24.3 Å². The van der Waals surface area contributed by atoms with Gasteiger partial charge in [0.05, 0.1) is 25.5 Å². The first-order valence-corrected chi connectivity index (χ1v) is 8.31. The lowest BCUT2D eigenvalue weighted by atomic mass is 10.2. The van der Waals surface area contributed by atoms with E-state index in [-0.39, 0.29) is 34.6 Å². The minimum Gasteiger partial charge on any atom is -0.386 e. The molecule has 1 saturated heterocycles. The minimum absolute atomic E-state index is 0.0801. The number of rotatable bonds is 5. The number of nitrogens with two attached hydrogens (primary N) is 1. The molecule has 3 aromatic rings. The van der Waals surface area contributed by atoms with Crippen LogP contribution in [0.1, 0.15) is 10.4 Å². The van der Waals surface area contributed by atoms with Gasteiger partial charge in [-0.1, -0.05) is 0 Å². The van der Waals surface area contributed by atoms with Crippen LogP contribution in [0.25, 0.3) is 5.65 Å². The molecule has 0 atom stereocenters. The second-order valence-electron chi connectivity index (χ2n) is 6.10. The maximum atomic E-state index is 12.6. The monoisotopic (exact) mass is 409 g/mol. The van der Waals surface area contributed by atoms with Crippen molar-refractivity contribution >= 4 is 28.9 Å². The maximum absolute atomic E-state index is 12.6. The van der Waals surface area contributed by atoms with Gasteiger partial charge in [-0.2, -0.15) is 9.61 Å². The third kappa shape index (κ3) is 3.99. The Hall–Kier alpha value is -3.61. The topological polar surface area (TPSA) is 129 Å². The summed E-state index contributed by atoms with van der Waals surface area (Å²) in [4.78, 5) is 20.3. The summed E-state index contributed by atoms with van der Waals surface area (Å²) in [6.07, 6.45) is -2.45. The lowest BCUT2D eigenvalue weighted by molar-refractivity contribution is -0.275. The zero-order valence-corrected chi connectivity index (χ0v) is 14.6. The number of pyridine rings is 1. The van der Waals surface area contributed by atoms with Crippen LogP contribution in [0.5, 0.6) is 5.88 Å². The van der Waals surface area contributed by atoms with E-state index in [1.54, 1.807) is 0 Å². The molecule has 4 heterocycles. The molecule has 29 heavy (non-hydrogen) atoms. The van der Waals surface area contributed by atoms with E-state index in [1.165, 1.54) is 28.9 Å². The highest BCUT2D eigenvalue weighted by molar-refractivity contribution is 6.00. The Morgan fingerprint density at radius 3 is 2.86 bits per heavy atom. The van der Waals surface area contributed by atoms with Gasteiger partial charge in [-0.3, -0.25) is 4.79 Å². The summed E-state index contributed by atoms with van der Waals surface area (Å²) in [5, 5.41) is 9.46. The second-order valence-corrected chi connectivity index (χ2v) is 6.10. The van der Waals surface area contributed by atoms with E-state index >= 15 is 0 Å². The molecule has 1 amide bonds. The number of carbonyl (C=O) groups is 1. The van der Waals surface area contributed by atoms with Crippen LogP contribution in [0.2, 0.25) is 0 Å². The summed E-state index contributed by atoms with van der Waals surface area (Å²) >= 11 is 0. The van der Waals surface area contributed by atoms with Gasteiger partial charge in [0.1, 0.15) is 22.9 Å². The molecule has 0 aromatic carbocycles. The third-order valence-corrected chi connectivity index (χ3v) is 3.96. The van der Waals surface area contributed by atoms with Crippen LogP contribution < -0.4 is 21.1 Å². The summed E-state index contributed by atoms with van der Waals surface area (Å²) in [6.45, 7) is 0.826. The molecule has 0 aliphatic carbocycles. The van der Waals surface area contributed by atoms with Crippen LogP contribution >= 0.6 is 0 Å². The van der Waals surface area contributed by atoms with Crippen LogP contribution in [0.4, 0.5) is 30.5 Å². The summed E-state index contributed by atoms with van der Waals surface area (Å²) in [5.74, 6) is -0.904. The van der Waals surface area contributed by atoms with Crippen molar-refractivity contribution in [3.05, 3.63) is 36.2 Å². The van der Waals surface area contributed by atoms with Gasteiger partial charge in [0.15, 0.2) is 5.65 Å². The molecule has 0 radical (unpaired) electrons. The molecule has 0 spiro atoms. The number of fused-ring (bicyclic) bond motifs is 1. The van der Waals surface area contributed by atoms with Crippen LogP contribution in [0.15, 0.2) is 30.6 Å². The molecule has 10 nitrogen and oxygen atoms in total. The molecule has 4 N–H and O–H groups in total. The first-order chi connectivity index (χ1) is 13.8.